The molecule has 0 radical (unpaired) electrons. The summed E-state index contributed by atoms with van der Waals surface area (Å²) in [6.07, 6.45) is 3.79. The molecule has 1 aliphatic heterocycles. The van der Waals surface area contributed by atoms with Gasteiger partial charge >= 0.3 is 0 Å². The van der Waals surface area contributed by atoms with Crippen molar-refractivity contribution in [3.63, 3.8) is 0 Å². The standard InChI is InChI=1S/C26H31N3O2S/c1-5-6-15-27-24(30)17-32-26-28-23(16-20-9-11-21(12-10-20)18(2)3)25(31)29(26)22-13-7-19(4)8-14-22/h7-14,16,18H,5-6,15,17H2,1-4H3,(H,27,30)/b23-16-. The van der Waals surface area contributed by atoms with E-state index in [0.29, 0.717) is 23.3 Å². The summed E-state index contributed by atoms with van der Waals surface area (Å²) in [5.74, 6) is 0.431. The van der Waals surface area contributed by atoms with Gasteiger partial charge < -0.3 is 5.32 Å². The Morgan fingerprint density at radius 2 is 1.81 bits per heavy atom. The first kappa shape index (κ1) is 23.8. The number of benzene rings is 2. The van der Waals surface area contributed by atoms with Gasteiger partial charge in [-0.15, -0.1) is 0 Å². The first-order valence-corrected chi connectivity index (χ1v) is 12.1. The second-order valence-corrected chi connectivity index (χ2v) is 9.16. The van der Waals surface area contributed by atoms with Gasteiger partial charge in [-0.25, -0.2) is 4.99 Å². The maximum atomic E-state index is 13.3. The largest absolute Gasteiger partial charge is 0.355 e. The van der Waals surface area contributed by atoms with Crippen LogP contribution >= 0.6 is 11.8 Å². The molecule has 0 aromatic heterocycles. The number of amides is 2. The third-order valence-electron chi connectivity index (χ3n) is 5.21. The fraction of sp³-hybridized carbons (Fsp3) is 0.346. The van der Waals surface area contributed by atoms with Gasteiger partial charge in [-0.2, -0.15) is 0 Å². The molecule has 0 spiro atoms. The highest BCUT2D eigenvalue weighted by atomic mass is 32.2. The van der Waals surface area contributed by atoms with Crippen molar-refractivity contribution < 1.29 is 9.59 Å². The summed E-state index contributed by atoms with van der Waals surface area (Å²) in [6, 6.07) is 15.9. The summed E-state index contributed by atoms with van der Waals surface area (Å²) in [4.78, 5) is 31.7. The van der Waals surface area contributed by atoms with Gasteiger partial charge in [-0.3, -0.25) is 14.5 Å². The fourth-order valence-electron chi connectivity index (χ4n) is 3.24. The number of carbonyl (C=O) groups is 2. The molecule has 0 saturated carbocycles. The van der Waals surface area contributed by atoms with Crippen LogP contribution in [0.4, 0.5) is 5.69 Å². The number of nitrogens with zero attached hydrogens (tertiary/aromatic N) is 2. The summed E-state index contributed by atoms with van der Waals surface area (Å²) in [7, 11) is 0. The Kier molecular flexibility index (Phi) is 8.28. The van der Waals surface area contributed by atoms with E-state index in [2.05, 4.69) is 43.2 Å². The molecule has 2 aromatic carbocycles. The molecule has 0 atom stereocenters. The lowest BCUT2D eigenvalue weighted by Crippen LogP contribution is -2.32. The summed E-state index contributed by atoms with van der Waals surface area (Å²) < 4.78 is 0. The van der Waals surface area contributed by atoms with Crippen LogP contribution in [0.1, 0.15) is 56.2 Å². The number of carbonyl (C=O) groups excluding carboxylic acids is 2. The lowest BCUT2D eigenvalue weighted by atomic mass is 10.0. The van der Waals surface area contributed by atoms with Gasteiger partial charge in [0.1, 0.15) is 5.70 Å². The number of unbranched alkanes of at least 4 members (excludes halogenated alkanes) is 1. The zero-order valence-electron chi connectivity index (χ0n) is 19.2. The number of nitrogens with one attached hydrogen (secondary N) is 1. The molecule has 1 aliphatic rings. The van der Waals surface area contributed by atoms with E-state index in [-0.39, 0.29) is 17.6 Å². The number of aliphatic imine (C=N–C) groups is 1. The number of thioether (sulfide) groups is 1. The highest BCUT2D eigenvalue weighted by Gasteiger charge is 2.32. The molecule has 2 aromatic rings. The van der Waals surface area contributed by atoms with E-state index in [4.69, 9.17) is 0 Å². The SMILES string of the molecule is CCCCNC(=O)CSC1=N/C(=C\c2ccc(C(C)C)cc2)C(=O)N1c1ccc(C)cc1. The fourth-order valence-corrected chi connectivity index (χ4v) is 4.08. The smallest absolute Gasteiger partial charge is 0.283 e. The highest BCUT2D eigenvalue weighted by molar-refractivity contribution is 8.14. The van der Waals surface area contributed by atoms with Gasteiger partial charge in [0, 0.05) is 6.54 Å². The molecule has 0 bridgehead atoms. The van der Waals surface area contributed by atoms with Crippen molar-refractivity contribution in [2.24, 2.45) is 4.99 Å². The van der Waals surface area contributed by atoms with Gasteiger partial charge in [0.05, 0.1) is 11.4 Å². The number of anilines is 1. The Bertz CT molecular complexity index is 1010. The Hall–Kier alpha value is -2.86. The van der Waals surface area contributed by atoms with Crippen molar-refractivity contribution in [2.45, 2.75) is 46.5 Å². The average Bonchev–Trinajstić information content (AvgIpc) is 3.08. The molecule has 32 heavy (non-hydrogen) atoms. The molecule has 2 amide bonds. The maximum absolute atomic E-state index is 13.3. The summed E-state index contributed by atoms with van der Waals surface area (Å²) in [5, 5.41) is 3.44. The molecule has 1 heterocycles. The number of hydrogen-bond donors (Lipinski definition) is 1. The lowest BCUT2D eigenvalue weighted by Gasteiger charge is -2.18. The zero-order chi connectivity index (χ0) is 23.1. The van der Waals surface area contributed by atoms with Crippen LogP contribution in [0.5, 0.6) is 0 Å². The third kappa shape index (κ3) is 6.10. The molecule has 0 aliphatic carbocycles. The second kappa shape index (κ2) is 11.1. The van der Waals surface area contributed by atoms with Crippen molar-refractivity contribution in [2.75, 3.05) is 17.2 Å². The molecule has 3 rings (SSSR count). The Labute approximate surface area is 195 Å². The van der Waals surface area contributed by atoms with Crippen LogP contribution in [-0.2, 0) is 9.59 Å². The number of amidine groups is 1. The molecule has 6 heteroatoms. The normalized spacial score (nSPS) is 14.9. The van der Waals surface area contributed by atoms with E-state index in [9.17, 15) is 9.59 Å². The van der Waals surface area contributed by atoms with Gasteiger partial charge in [-0.05, 0) is 48.6 Å². The monoisotopic (exact) mass is 449 g/mol. The Morgan fingerprint density at radius 3 is 2.44 bits per heavy atom. The number of rotatable bonds is 8. The quantitative estimate of drug-likeness (QED) is 0.427. The predicted octanol–water partition coefficient (Wildman–Crippen LogP) is 5.51. The minimum Gasteiger partial charge on any atom is -0.355 e. The summed E-state index contributed by atoms with van der Waals surface area (Å²) >= 11 is 1.28. The van der Waals surface area contributed by atoms with Gasteiger partial charge in [0.25, 0.3) is 5.91 Å². The van der Waals surface area contributed by atoms with Crippen LogP contribution in [0.25, 0.3) is 6.08 Å². The van der Waals surface area contributed by atoms with Crippen molar-refractivity contribution in [1.82, 2.24) is 5.32 Å². The first-order valence-electron chi connectivity index (χ1n) is 11.1. The molecular weight excluding hydrogens is 418 g/mol. The summed E-state index contributed by atoms with van der Waals surface area (Å²) in [5.41, 5.74) is 4.41. The Morgan fingerprint density at radius 1 is 1.12 bits per heavy atom. The molecule has 168 valence electrons. The maximum Gasteiger partial charge on any atom is 0.283 e. The van der Waals surface area contributed by atoms with Gasteiger partial charge in [-0.1, -0.05) is 80.9 Å². The number of hydrogen-bond acceptors (Lipinski definition) is 4. The molecule has 0 saturated heterocycles. The van der Waals surface area contributed by atoms with Crippen LogP contribution in [0.2, 0.25) is 0 Å². The van der Waals surface area contributed by atoms with Crippen LogP contribution in [0.15, 0.2) is 59.2 Å². The molecular formula is C26H31N3O2S. The van der Waals surface area contributed by atoms with Crippen molar-refractivity contribution in [1.29, 1.82) is 0 Å². The molecule has 0 unspecified atom stereocenters. The van der Waals surface area contributed by atoms with E-state index in [1.165, 1.54) is 17.3 Å². The van der Waals surface area contributed by atoms with Crippen LogP contribution in [0.3, 0.4) is 0 Å². The van der Waals surface area contributed by atoms with Crippen LogP contribution in [0, 0.1) is 6.92 Å². The van der Waals surface area contributed by atoms with Gasteiger partial charge in [0.15, 0.2) is 5.17 Å². The van der Waals surface area contributed by atoms with Gasteiger partial charge in [0.2, 0.25) is 5.91 Å². The first-order chi connectivity index (χ1) is 15.4. The number of aryl methyl sites for hydroxylation is 1. The van der Waals surface area contributed by atoms with E-state index >= 15 is 0 Å². The highest BCUT2D eigenvalue weighted by Crippen LogP contribution is 2.30. The van der Waals surface area contributed by atoms with E-state index in [1.807, 2.05) is 49.4 Å². The van der Waals surface area contributed by atoms with Crippen LogP contribution < -0.4 is 10.2 Å². The minimum absolute atomic E-state index is 0.0517. The topological polar surface area (TPSA) is 61.8 Å². The molecule has 5 nitrogen and oxygen atoms in total. The molecule has 1 N–H and O–H groups in total. The van der Waals surface area contributed by atoms with Crippen molar-refractivity contribution in [3.8, 4) is 0 Å². The van der Waals surface area contributed by atoms with E-state index < -0.39 is 0 Å². The second-order valence-electron chi connectivity index (χ2n) is 8.21. The van der Waals surface area contributed by atoms with Crippen LogP contribution in [-0.4, -0.2) is 29.3 Å². The third-order valence-corrected chi connectivity index (χ3v) is 6.15. The van der Waals surface area contributed by atoms with E-state index in [0.717, 1.165) is 29.7 Å². The van der Waals surface area contributed by atoms with Crippen molar-refractivity contribution >= 4 is 40.5 Å². The molecule has 0 fully saturated rings. The zero-order valence-corrected chi connectivity index (χ0v) is 20.0. The Balaban J connectivity index is 1.83. The average molecular weight is 450 g/mol. The predicted molar refractivity (Wildman–Crippen MR) is 135 cm³/mol. The lowest BCUT2D eigenvalue weighted by molar-refractivity contribution is -0.118. The van der Waals surface area contributed by atoms with Crippen molar-refractivity contribution in [3.05, 3.63) is 70.9 Å². The van der Waals surface area contributed by atoms with E-state index in [1.54, 1.807) is 4.90 Å². The minimum atomic E-state index is -0.185. The summed E-state index contributed by atoms with van der Waals surface area (Å²) in [6.45, 7) is 9.06.